The Kier molecular flexibility index (Phi) is 6.69. The molecule has 31 heavy (non-hydrogen) atoms. The van der Waals surface area contributed by atoms with E-state index in [4.69, 9.17) is 0 Å². The van der Waals surface area contributed by atoms with Gasteiger partial charge in [0.1, 0.15) is 11.9 Å². The minimum absolute atomic E-state index is 0.00203. The fourth-order valence-corrected chi connectivity index (χ4v) is 5.96. The van der Waals surface area contributed by atoms with Gasteiger partial charge in [-0.15, -0.1) is 0 Å². The maximum atomic E-state index is 13.2. The molecule has 0 aromatic heterocycles. The fraction of sp³-hybridized carbons (Fsp3) is 0.435. The smallest absolute Gasteiger partial charge is 0.243 e. The highest BCUT2D eigenvalue weighted by atomic mass is 32.2. The molecular weight excluding hydrogens is 417 g/mol. The minimum Gasteiger partial charge on any atom is -0.351 e. The summed E-state index contributed by atoms with van der Waals surface area (Å²) >= 11 is 0. The SMILES string of the molecule is O=C(NCc1ccc(CN2CCCC2)cc1)C1CCCN1S(=O)(=O)c1ccc(F)cc1. The average Bonchev–Trinajstić information content (AvgIpc) is 3.46. The third-order valence-corrected chi connectivity index (χ3v) is 7.94. The van der Waals surface area contributed by atoms with Crippen molar-refractivity contribution in [2.75, 3.05) is 19.6 Å². The van der Waals surface area contributed by atoms with Gasteiger partial charge in [0.05, 0.1) is 4.90 Å². The van der Waals surface area contributed by atoms with E-state index in [2.05, 4.69) is 22.3 Å². The summed E-state index contributed by atoms with van der Waals surface area (Å²) in [6, 6.07) is 12.1. The Morgan fingerprint density at radius 2 is 1.58 bits per heavy atom. The molecule has 6 nitrogen and oxygen atoms in total. The lowest BCUT2D eigenvalue weighted by Gasteiger charge is -2.23. The molecule has 0 bridgehead atoms. The zero-order valence-electron chi connectivity index (χ0n) is 17.5. The molecule has 0 spiro atoms. The molecule has 8 heteroatoms. The first-order chi connectivity index (χ1) is 14.9. The van der Waals surface area contributed by atoms with Crippen LogP contribution in [0, 0.1) is 5.82 Å². The summed E-state index contributed by atoms with van der Waals surface area (Å²) in [6.07, 6.45) is 3.61. The predicted octanol–water partition coefficient (Wildman–Crippen LogP) is 2.89. The van der Waals surface area contributed by atoms with Gasteiger partial charge in [0.2, 0.25) is 15.9 Å². The number of amides is 1. The third kappa shape index (κ3) is 5.14. The Labute approximate surface area is 183 Å². The number of nitrogens with one attached hydrogen (secondary N) is 1. The molecule has 2 aromatic rings. The lowest BCUT2D eigenvalue weighted by Crippen LogP contribution is -2.45. The lowest BCUT2D eigenvalue weighted by molar-refractivity contribution is -0.124. The molecule has 0 radical (unpaired) electrons. The Balaban J connectivity index is 1.36. The molecule has 0 saturated carbocycles. The van der Waals surface area contributed by atoms with Crippen molar-refractivity contribution < 1.29 is 17.6 Å². The Morgan fingerprint density at radius 3 is 2.26 bits per heavy atom. The predicted molar refractivity (Wildman–Crippen MR) is 116 cm³/mol. The summed E-state index contributed by atoms with van der Waals surface area (Å²) in [5.74, 6) is -0.801. The highest BCUT2D eigenvalue weighted by Crippen LogP contribution is 2.26. The van der Waals surface area contributed by atoms with Crippen molar-refractivity contribution in [1.29, 1.82) is 0 Å². The van der Waals surface area contributed by atoms with E-state index in [1.807, 2.05) is 12.1 Å². The highest BCUT2D eigenvalue weighted by Gasteiger charge is 2.39. The number of sulfonamides is 1. The zero-order chi connectivity index (χ0) is 21.8. The Bertz CT molecular complexity index is 1000. The van der Waals surface area contributed by atoms with E-state index < -0.39 is 21.9 Å². The van der Waals surface area contributed by atoms with Crippen molar-refractivity contribution in [3.05, 3.63) is 65.5 Å². The molecular formula is C23H28FN3O3S. The number of hydrogen-bond donors (Lipinski definition) is 1. The summed E-state index contributed by atoms with van der Waals surface area (Å²) in [7, 11) is -3.85. The monoisotopic (exact) mass is 445 g/mol. The summed E-state index contributed by atoms with van der Waals surface area (Å²) < 4.78 is 40.3. The van der Waals surface area contributed by atoms with E-state index >= 15 is 0 Å². The molecule has 166 valence electrons. The van der Waals surface area contributed by atoms with Crippen molar-refractivity contribution in [3.8, 4) is 0 Å². The number of carbonyl (C=O) groups excluding carboxylic acids is 1. The van der Waals surface area contributed by atoms with Crippen molar-refractivity contribution in [2.45, 2.75) is 49.7 Å². The largest absolute Gasteiger partial charge is 0.351 e. The van der Waals surface area contributed by atoms with Crippen LogP contribution in [0.25, 0.3) is 0 Å². The van der Waals surface area contributed by atoms with Crippen molar-refractivity contribution in [1.82, 2.24) is 14.5 Å². The molecule has 2 aliphatic rings. The van der Waals surface area contributed by atoms with Gasteiger partial charge >= 0.3 is 0 Å². The Morgan fingerprint density at radius 1 is 0.935 bits per heavy atom. The first-order valence-electron chi connectivity index (χ1n) is 10.8. The maximum Gasteiger partial charge on any atom is 0.243 e. The van der Waals surface area contributed by atoms with Crippen molar-refractivity contribution in [2.24, 2.45) is 0 Å². The molecule has 2 aliphatic heterocycles. The van der Waals surface area contributed by atoms with Crippen LogP contribution in [0.2, 0.25) is 0 Å². The van der Waals surface area contributed by atoms with Gasteiger partial charge in [-0.25, -0.2) is 12.8 Å². The first-order valence-corrected chi connectivity index (χ1v) is 12.2. The molecule has 1 unspecified atom stereocenters. The second-order valence-corrected chi connectivity index (χ2v) is 10.1. The summed E-state index contributed by atoms with van der Waals surface area (Å²) in [6.45, 7) is 3.88. The van der Waals surface area contributed by atoms with Crippen LogP contribution in [0.1, 0.15) is 36.8 Å². The second kappa shape index (κ2) is 9.46. The topological polar surface area (TPSA) is 69.7 Å². The van der Waals surface area contributed by atoms with Crippen LogP contribution in [0.3, 0.4) is 0 Å². The molecule has 1 N–H and O–H groups in total. The van der Waals surface area contributed by atoms with Crippen LogP contribution < -0.4 is 5.32 Å². The molecule has 2 aromatic carbocycles. The normalized spacial score (nSPS) is 20.2. The molecule has 2 saturated heterocycles. The van der Waals surface area contributed by atoms with E-state index in [-0.39, 0.29) is 17.3 Å². The van der Waals surface area contributed by atoms with E-state index in [1.165, 1.54) is 34.8 Å². The Hall–Kier alpha value is -2.29. The number of rotatable bonds is 7. The van der Waals surface area contributed by atoms with Crippen LogP contribution in [-0.4, -0.2) is 49.2 Å². The van der Waals surface area contributed by atoms with Crippen LogP contribution in [0.4, 0.5) is 4.39 Å². The molecule has 2 fully saturated rings. The number of hydrogen-bond acceptors (Lipinski definition) is 4. The molecule has 1 amide bonds. The van der Waals surface area contributed by atoms with Crippen LogP contribution in [0.15, 0.2) is 53.4 Å². The number of carbonyl (C=O) groups is 1. The van der Waals surface area contributed by atoms with Gasteiger partial charge in [0.15, 0.2) is 0 Å². The fourth-order valence-electron chi connectivity index (χ4n) is 4.30. The van der Waals surface area contributed by atoms with E-state index in [1.54, 1.807) is 0 Å². The van der Waals surface area contributed by atoms with Crippen molar-refractivity contribution >= 4 is 15.9 Å². The molecule has 1 atom stereocenters. The highest BCUT2D eigenvalue weighted by molar-refractivity contribution is 7.89. The van der Waals surface area contributed by atoms with Gasteiger partial charge in [-0.3, -0.25) is 9.69 Å². The van der Waals surface area contributed by atoms with E-state index in [9.17, 15) is 17.6 Å². The van der Waals surface area contributed by atoms with Gasteiger partial charge in [-0.2, -0.15) is 4.31 Å². The van der Waals surface area contributed by atoms with Gasteiger partial charge in [0.25, 0.3) is 0 Å². The van der Waals surface area contributed by atoms with E-state index in [0.717, 1.165) is 37.3 Å². The second-order valence-electron chi connectivity index (χ2n) is 8.25. The minimum atomic E-state index is -3.85. The maximum absolute atomic E-state index is 13.2. The van der Waals surface area contributed by atoms with Crippen LogP contribution >= 0.6 is 0 Å². The zero-order valence-corrected chi connectivity index (χ0v) is 18.3. The van der Waals surface area contributed by atoms with Crippen LogP contribution in [-0.2, 0) is 27.9 Å². The van der Waals surface area contributed by atoms with E-state index in [0.29, 0.717) is 19.4 Å². The van der Waals surface area contributed by atoms with Crippen LogP contribution in [0.5, 0.6) is 0 Å². The number of nitrogens with zero attached hydrogens (tertiary/aromatic N) is 2. The quantitative estimate of drug-likeness (QED) is 0.712. The van der Waals surface area contributed by atoms with Crippen molar-refractivity contribution in [3.63, 3.8) is 0 Å². The number of benzene rings is 2. The molecule has 2 heterocycles. The lowest BCUT2D eigenvalue weighted by atomic mass is 10.1. The average molecular weight is 446 g/mol. The van der Waals surface area contributed by atoms with Gasteiger partial charge in [0, 0.05) is 19.6 Å². The standard InChI is InChI=1S/C23H28FN3O3S/c24-20-9-11-21(12-10-20)31(29,30)27-15-3-4-22(27)23(28)25-16-18-5-7-19(8-6-18)17-26-13-1-2-14-26/h5-12,22H,1-4,13-17H2,(H,25,28). The summed E-state index contributed by atoms with van der Waals surface area (Å²) in [5, 5.41) is 2.88. The molecule has 0 aliphatic carbocycles. The van der Waals surface area contributed by atoms with Gasteiger partial charge < -0.3 is 5.32 Å². The van der Waals surface area contributed by atoms with Gasteiger partial charge in [-0.1, -0.05) is 24.3 Å². The third-order valence-electron chi connectivity index (χ3n) is 6.02. The number of likely N-dealkylation sites (tertiary alicyclic amines) is 1. The summed E-state index contributed by atoms with van der Waals surface area (Å²) in [4.78, 5) is 15.2. The first kappa shape index (κ1) is 21.9. The summed E-state index contributed by atoms with van der Waals surface area (Å²) in [5.41, 5.74) is 2.23. The molecule has 4 rings (SSSR count). The number of halogens is 1. The van der Waals surface area contributed by atoms with Gasteiger partial charge in [-0.05, 0) is 74.2 Å².